The lowest BCUT2D eigenvalue weighted by atomic mass is 9.97. The molecular formula is C17H25Cl2N5OS. The van der Waals surface area contributed by atoms with Crippen molar-refractivity contribution in [2.45, 2.75) is 36.2 Å². The number of aromatic nitrogens is 4. The molecule has 3 rings (SSSR count). The van der Waals surface area contributed by atoms with Crippen molar-refractivity contribution in [3.05, 3.63) is 42.5 Å². The molecule has 26 heavy (non-hydrogen) atoms. The van der Waals surface area contributed by atoms with E-state index in [4.69, 9.17) is 4.74 Å². The van der Waals surface area contributed by atoms with Crippen molar-refractivity contribution in [2.24, 2.45) is 0 Å². The van der Waals surface area contributed by atoms with Crippen LogP contribution in [0.5, 0.6) is 5.75 Å². The van der Waals surface area contributed by atoms with Crippen LogP contribution in [-0.4, -0.2) is 39.9 Å². The van der Waals surface area contributed by atoms with Crippen LogP contribution in [-0.2, 0) is 12.3 Å². The van der Waals surface area contributed by atoms with Crippen molar-refractivity contribution in [3.63, 3.8) is 0 Å². The van der Waals surface area contributed by atoms with E-state index in [1.165, 1.54) is 0 Å². The number of nitrogens with one attached hydrogen (secondary N) is 1. The molecule has 2 aromatic rings. The topological polar surface area (TPSA) is 64.9 Å². The number of hydrogen-bond donors (Lipinski definition) is 1. The zero-order valence-electron chi connectivity index (χ0n) is 14.8. The van der Waals surface area contributed by atoms with Crippen LogP contribution in [0.15, 0.2) is 36.1 Å². The van der Waals surface area contributed by atoms with E-state index in [-0.39, 0.29) is 24.8 Å². The molecular weight excluding hydrogens is 393 g/mol. The first kappa shape index (κ1) is 22.8. The van der Waals surface area contributed by atoms with E-state index in [1.807, 2.05) is 18.2 Å². The minimum atomic E-state index is 0. The maximum atomic E-state index is 5.25. The van der Waals surface area contributed by atoms with E-state index in [2.05, 4.69) is 31.6 Å². The maximum Gasteiger partial charge on any atom is 0.191 e. The second-order valence-corrected chi connectivity index (χ2v) is 6.68. The first-order valence-corrected chi connectivity index (χ1v) is 9.16. The fourth-order valence-electron chi connectivity index (χ4n) is 2.89. The zero-order valence-corrected chi connectivity index (χ0v) is 17.2. The van der Waals surface area contributed by atoms with E-state index in [1.54, 1.807) is 25.1 Å². The highest BCUT2D eigenvalue weighted by molar-refractivity contribution is 7.98. The lowest BCUT2D eigenvalue weighted by Gasteiger charge is -2.22. The van der Waals surface area contributed by atoms with Gasteiger partial charge in [-0.25, -0.2) is 0 Å². The van der Waals surface area contributed by atoms with Gasteiger partial charge in [-0.05, 0) is 32.0 Å². The van der Waals surface area contributed by atoms with Crippen LogP contribution >= 0.6 is 36.6 Å². The van der Waals surface area contributed by atoms with Gasteiger partial charge in [0.2, 0.25) is 0 Å². The van der Waals surface area contributed by atoms with Crippen molar-refractivity contribution in [1.29, 1.82) is 0 Å². The predicted molar refractivity (Wildman–Crippen MR) is 110 cm³/mol. The summed E-state index contributed by atoms with van der Waals surface area (Å²) < 4.78 is 7.44. The average molecular weight is 418 g/mol. The molecule has 0 unspecified atom stereocenters. The van der Waals surface area contributed by atoms with Crippen LogP contribution in [0.25, 0.3) is 0 Å². The summed E-state index contributed by atoms with van der Waals surface area (Å²) in [6.07, 6.45) is 5.89. The highest BCUT2D eigenvalue weighted by Crippen LogP contribution is 2.29. The van der Waals surface area contributed by atoms with Crippen molar-refractivity contribution in [1.82, 2.24) is 25.1 Å². The SMILES string of the molecule is C=CCn1c(SCc2cc(OC)ccn2)nnc1C1CCNCC1.Cl.Cl. The third-order valence-corrected chi connectivity index (χ3v) is 5.13. The third-order valence-electron chi connectivity index (χ3n) is 4.13. The van der Waals surface area contributed by atoms with Gasteiger partial charge in [0.15, 0.2) is 5.16 Å². The number of allylic oxidation sites excluding steroid dienone is 1. The predicted octanol–water partition coefficient (Wildman–Crippen LogP) is 3.47. The van der Waals surface area contributed by atoms with Crippen molar-refractivity contribution in [2.75, 3.05) is 20.2 Å². The number of thioether (sulfide) groups is 1. The Balaban J connectivity index is 0.00000169. The van der Waals surface area contributed by atoms with Gasteiger partial charge in [0, 0.05) is 30.5 Å². The molecule has 0 radical (unpaired) electrons. The van der Waals surface area contributed by atoms with E-state index in [0.29, 0.717) is 5.92 Å². The normalized spacial score (nSPS) is 14.2. The summed E-state index contributed by atoms with van der Waals surface area (Å²) in [4.78, 5) is 4.39. The van der Waals surface area contributed by atoms with Crippen LogP contribution in [0.1, 0.15) is 30.3 Å². The van der Waals surface area contributed by atoms with Gasteiger partial charge in [-0.2, -0.15) is 0 Å². The number of rotatable bonds is 7. The molecule has 1 saturated heterocycles. The molecule has 9 heteroatoms. The van der Waals surface area contributed by atoms with Gasteiger partial charge in [0.25, 0.3) is 0 Å². The molecule has 1 fully saturated rings. The maximum absolute atomic E-state index is 5.25. The Bertz CT molecular complexity index is 692. The number of piperidine rings is 1. The smallest absolute Gasteiger partial charge is 0.191 e. The van der Waals surface area contributed by atoms with E-state index in [9.17, 15) is 0 Å². The highest BCUT2D eigenvalue weighted by Gasteiger charge is 2.22. The van der Waals surface area contributed by atoms with Gasteiger partial charge in [-0.15, -0.1) is 41.6 Å². The Morgan fingerprint density at radius 2 is 2.12 bits per heavy atom. The Kier molecular flexibility index (Phi) is 10.0. The van der Waals surface area contributed by atoms with Gasteiger partial charge < -0.3 is 14.6 Å². The van der Waals surface area contributed by atoms with Gasteiger partial charge in [-0.1, -0.05) is 17.8 Å². The summed E-state index contributed by atoms with van der Waals surface area (Å²) in [5.41, 5.74) is 0.968. The Morgan fingerprint density at radius 3 is 2.81 bits per heavy atom. The van der Waals surface area contributed by atoms with Crippen LogP contribution < -0.4 is 10.1 Å². The van der Waals surface area contributed by atoms with Gasteiger partial charge in [0.05, 0.1) is 12.8 Å². The van der Waals surface area contributed by atoms with Gasteiger partial charge in [-0.3, -0.25) is 4.98 Å². The number of halogens is 2. The van der Waals surface area contributed by atoms with E-state index in [0.717, 1.165) is 60.7 Å². The third kappa shape index (κ3) is 5.61. The zero-order chi connectivity index (χ0) is 16.8. The molecule has 0 aliphatic carbocycles. The van der Waals surface area contributed by atoms with E-state index >= 15 is 0 Å². The quantitative estimate of drug-likeness (QED) is 0.549. The fourth-order valence-corrected chi connectivity index (χ4v) is 3.75. The summed E-state index contributed by atoms with van der Waals surface area (Å²) in [5.74, 6) is 3.11. The number of hydrogen-bond acceptors (Lipinski definition) is 6. The lowest BCUT2D eigenvalue weighted by Crippen LogP contribution is -2.28. The van der Waals surface area contributed by atoms with Crippen molar-refractivity contribution in [3.8, 4) is 5.75 Å². The summed E-state index contributed by atoms with van der Waals surface area (Å²) in [6, 6.07) is 3.80. The molecule has 1 aliphatic heterocycles. The standard InChI is InChI=1S/C17H23N5OS.2ClH/c1-3-10-22-16(13-4-7-18-8-5-13)20-21-17(22)24-12-14-11-15(23-2)6-9-19-14;;/h3,6,9,11,13,18H,1,4-5,7-8,10,12H2,2H3;2*1H. The van der Waals surface area contributed by atoms with Crippen LogP contribution in [0.3, 0.4) is 0 Å². The second-order valence-electron chi connectivity index (χ2n) is 5.74. The minimum Gasteiger partial charge on any atom is -0.497 e. The Labute approximate surface area is 171 Å². The summed E-state index contributed by atoms with van der Waals surface area (Å²) in [7, 11) is 1.66. The Morgan fingerprint density at radius 1 is 1.35 bits per heavy atom. The van der Waals surface area contributed by atoms with Crippen LogP contribution in [0.2, 0.25) is 0 Å². The van der Waals surface area contributed by atoms with Crippen molar-refractivity contribution >= 4 is 36.6 Å². The first-order chi connectivity index (χ1) is 11.8. The summed E-state index contributed by atoms with van der Waals surface area (Å²) in [6.45, 7) is 6.70. The monoisotopic (exact) mass is 417 g/mol. The van der Waals surface area contributed by atoms with Gasteiger partial charge >= 0.3 is 0 Å². The number of nitrogens with zero attached hydrogens (tertiary/aromatic N) is 4. The largest absolute Gasteiger partial charge is 0.497 e. The molecule has 1 N–H and O–H groups in total. The number of methoxy groups -OCH3 is 1. The summed E-state index contributed by atoms with van der Waals surface area (Å²) in [5, 5.41) is 13.2. The molecule has 0 atom stereocenters. The molecule has 0 amide bonds. The van der Waals surface area contributed by atoms with Gasteiger partial charge in [0.1, 0.15) is 11.6 Å². The molecule has 3 heterocycles. The first-order valence-electron chi connectivity index (χ1n) is 8.18. The number of ether oxygens (including phenoxy) is 1. The van der Waals surface area contributed by atoms with E-state index < -0.39 is 0 Å². The summed E-state index contributed by atoms with van der Waals surface area (Å²) >= 11 is 1.65. The molecule has 0 saturated carbocycles. The molecule has 6 nitrogen and oxygen atoms in total. The molecule has 2 aromatic heterocycles. The fraction of sp³-hybridized carbons (Fsp3) is 0.471. The highest BCUT2D eigenvalue weighted by atomic mass is 35.5. The molecule has 0 aromatic carbocycles. The van der Waals surface area contributed by atoms with Crippen molar-refractivity contribution < 1.29 is 4.74 Å². The molecule has 0 spiro atoms. The lowest BCUT2D eigenvalue weighted by molar-refractivity contribution is 0.413. The number of pyridine rings is 1. The molecule has 0 bridgehead atoms. The van der Waals surface area contributed by atoms with Crippen LogP contribution in [0, 0.1) is 0 Å². The second kappa shape index (κ2) is 11.4. The molecule has 1 aliphatic rings. The Hall–Kier alpha value is -1.28. The minimum absolute atomic E-state index is 0. The average Bonchev–Trinajstić information content (AvgIpc) is 3.04. The van der Waals surface area contributed by atoms with Crippen LogP contribution in [0.4, 0.5) is 0 Å². The molecule has 144 valence electrons.